The lowest BCUT2D eigenvalue weighted by atomic mass is 10.1. The summed E-state index contributed by atoms with van der Waals surface area (Å²) in [4.78, 5) is 4.68. The van der Waals surface area contributed by atoms with Gasteiger partial charge in [-0.25, -0.2) is 0 Å². The average Bonchev–Trinajstić information content (AvgIpc) is 2.99. The van der Waals surface area contributed by atoms with E-state index in [9.17, 15) is 5.11 Å². The number of halogens is 1. The highest BCUT2D eigenvalue weighted by atomic mass is 35.5. The van der Waals surface area contributed by atoms with E-state index in [0.29, 0.717) is 25.2 Å². The number of rotatable bonds is 6. The third-order valence-electron chi connectivity index (χ3n) is 5.30. The summed E-state index contributed by atoms with van der Waals surface area (Å²) in [5.74, 6) is 0.637. The fourth-order valence-electron chi connectivity index (χ4n) is 3.81. The maximum atomic E-state index is 10.3. The van der Waals surface area contributed by atoms with E-state index in [-0.39, 0.29) is 0 Å². The minimum absolute atomic E-state index is 0.347. The maximum absolute atomic E-state index is 10.3. The van der Waals surface area contributed by atoms with E-state index in [4.69, 9.17) is 16.3 Å². The first-order valence-electron chi connectivity index (χ1n) is 9.14. The fraction of sp³-hybridized carbons (Fsp3) is 0.684. The monoisotopic (exact) mass is 352 g/mol. The molecule has 4 nitrogen and oxygen atoms in total. The van der Waals surface area contributed by atoms with Crippen molar-refractivity contribution in [2.45, 2.75) is 38.4 Å². The topological polar surface area (TPSA) is 35.9 Å². The largest absolute Gasteiger partial charge is 0.389 e. The van der Waals surface area contributed by atoms with Crippen LogP contribution in [0.2, 0.25) is 5.02 Å². The van der Waals surface area contributed by atoms with Crippen molar-refractivity contribution in [2.24, 2.45) is 5.92 Å². The maximum Gasteiger partial charge on any atom is 0.0900 e. The molecule has 1 saturated heterocycles. The summed E-state index contributed by atoms with van der Waals surface area (Å²) in [6, 6.07) is 8.02. The van der Waals surface area contributed by atoms with Crippen LogP contribution in [0.3, 0.4) is 0 Å². The molecule has 134 valence electrons. The van der Waals surface area contributed by atoms with Crippen LogP contribution in [0.1, 0.15) is 26.2 Å². The summed E-state index contributed by atoms with van der Waals surface area (Å²) >= 11 is 6.08. The first-order chi connectivity index (χ1) is 11.6. The second-order valence-corrected chi connectivity index (χ2v) is 7.64. The molecule has 0 bridgehead atoms. The molecule has 2 fully saturated rings. The average molecular weight is 353 g/mol. The minimum atomic E-state index is -0.393. The predicted molar refractivity (Wildman–Crippen MR) is 98.9 cm³/mol. The van der Waals surface area contributed by atoms with E-state index in [1.165, 1.54) is 18.5 Å². The SMILES string of the molecule is C[C@@H]1CCC[C@@H]1OC[C@@H](O)CN1CCN(c2cccc(Cl)c2)CC1. The Morgan fingerprint density at radius 1 is 1.25 bits per heavy atom. The van der Waals surface area contributed by atoms with Gasteiger partial charge in [-0.1, -0.05) is 31.0 Å². The molecule has 0 aromatic heterocycles. The number of benzene rings is 1. The normalized spacial score (nSPS) is 26.7. The zero-order chi connectivity index (χ0) is 16.9. The molecule has 1 N–H and O–H groups in total. The van der Waals surface area contributed by atoms with E-state index < -0.39 is 6.10 Å². The van der Waals surface area contributed by atoms with Gasteiger partial charge in [0.1, 0.15) is 0 Å². The Bertz CT molecular complexity index is 520. The van der Waals surface area contributed by atoms with Crippen LogP contribution >= 0.6 is 11.6 Å². The predicted octanol–water partition coefficient (Wildman–Crippen LogP) is 3.03. The standard InChI is InChI=1S/C19H29ClN2O2/c1-15-4-2-7-19(15)24-14-18(23)13-21-8-10-22(11-9-21)17-6-3-5-16(20)12-17/h3,5-6,12,15,18-19,23H,2,4,7-11,13-14H2,1H3/t15-,18+,19+/m1/s1. The second-order valence-electron chi connectivity index (χ2n) is 7.20. The van der Waals surface area contributed by atoms with Crippen molar-refractivity contribution in [2.75, 3.05) is 44.2 Å². The van der Waals surface area contributed by atoms with Crippen molar-refractivity contribution in [1.29, 1.82) is 0 Å². The molecule has 1 saturated carbocycles. The van der Waals surface area contributed by atoms with Crippen LogP contribution in [0, 0.1) is 5.92 Å². The Balaban J connectivity index is 1.38. The lowest BCUT2D eigenvalue weighted by Crippen LogP contribution is -2.49. The first-order valence-corrected chi connectivity index (χ1v) is 9.52. The van der Waals surface area contributed by atoms with Crippen LogP contribution in [0.15, 0.2) is 24.3 Å². The lowest BCUT2D eigenvalue weighted by molar-refractivity contribution is -0.0321. The number of anilines is 1. The number of β-amino-alcohol motifs (C(OH)–C–C–N with tert-alkyl or cyclic N) is 1. The van der Waals surface area contributed by atoms with Gasteiger partial charge < -0.3 is 14.7 Å². The van der Waals surface area contributed by atoms with Gasteiger partial charge in [-0.2, -0.15) is 0 Å². The van der Waals surface area contributed by atoms with Crippen molar-refractivity contribution in [3.8, 4) is 0 Å². The van der Waals surface area contributed by atoms with Gasteiger partial charge in [0.25, 0.3) is 0 Å². The van der Waals surface area contributed by atoms with Gasteiger partial charge in [0.05, 0.1) is 18.8 Å². The number of ether oxygens (including phenoxy) is 1. The van der Waals surface area contributed by atoms with Crippen molar-refractivity contribution >= 4 is 17.3 Å². The molecule has 1 aromatic carbocycles. The molecule has 1 aromatic rings. The summed E-state index contributed by atoms with van der Waals surface area (Å²) in [7, 11) is 0. The Labute approximate surface area is 150 Å². The summed E-state index contributed by atoms with van der Waals surface area (Å²) in [5, 5.41) is 11.1. The highest BCUT2D eigenvalue weighted by molar-refractivity contribution is 6.30. The lowest BCUT2D eigenvalue weighted by Gasteiger charge is -2.37. The van der Waals surface area contributed by atoms with E-state index in [2.05, 4.69) is 22.8 Å². The Morgan fingerprint density at radius 2 is 2.04 bits per heavy atom. The summed E-state index contributed by atoms with van der Waals surface area (Å²) in [6.07, 6.45) is 3.61. The van der Waals surface area contributed by atoms with Gasteiger partial charge in [0.15, 0.2) is 0 Å². The smallest absolute Gasteiger partial charge is 0.0900 e. The summed E-state index contributed by atoms with van der Waals surface area (Å²) in [5.41, 5.74) is 1.18. The molecule has 0 radical (unpaired) electrons. The number of aliphatic hydroxyl groups excluding tert-OH is 1. The molecule has 3 atom stereocenters. The van der Waals surface area contributed by atoms with E-state index in [1.807, 2.05) is 18.2 Å². The Kier molecular flexibility index (Phi) is 6.39. The van der Waals surface area contributed by atoms with Gasteiger partial charge in [-0.15, -0.1) is 0 Å². The molecular formula is C19H29ClN2O2. The van der Waals surface area contributed by atoms with Crippen molar-refractivity contribution in [3.63, 3.8) is 0 Å². The van der Waals surface area contributed by atoms with Crippen LogP contribution in [0.4, 0.5) is 5.69 Å². The first kappa shape index (κ1) is 18.0. The van der Waals surface area contributed by atoms with Gasteiger partial charge in [0, 0.05) is 43.4 Å². The van der Waals surface area contributed by atoms with Crippen LogP contribution in [-0.2, 0) is 4.74 Å². The molecule has 0 amide bonds. The number of aliphatic hydroxyl groups is 1. The van der Waals surface area contributed by atoms with E-state index in [0.717, 1.165) is 37.6 Å². The fourth-order valence-corrected chi connectivity index (χ4v) is 3.99. The number of nitrogens with zero attached hydrogens (tertiary/aromatic N) is 2. The van der Waals surface area contributed by atoms with Crippen LogP contribution in [0.25, 0.3) is 0 Å². The molecule has 1 aliphatic carbocycles. The number of piperazine rings is 1. The quantitative estimate of drug-likeness (QED) is 0.853. The molecule has 5 heteroatoms. The van der Waals surface area contributed by atoms with Crippen LogP contribution in [-0.4, -0.2) is 61.5 Å². The number of hydrogen-bond donors (Lipinski definition) is 1. The third-order valence-corrected chi connectivity index (χ3v) is 5.54. The molecule has 0 unspecified atom stereocenters. The Hall–Kier alpha value is -0.810. The summed E-state index contributed by atoms with van der Waals surface area (Å²) < 4.78 is 5.92. The van der Waals surface area contributed by atoms with Crippen LogP contribution < -0.4 is 4.90 Å². The van der Waals surface area contributed by atoms with Crippen LogP contribution in [0.5, 0.6) is 0 Å². The third kappa shape index (κ3) is 4.85. The Morgan fingerprint density at radius 3 is 2.71 bits per heavy atom. The van der Waals surface area contributed by atoms with Crippen molar-refractivity contribution < 1.29 is 9.84 Å². The van der Waals surface area contributed by atoms with E-state index >= 15 is 0 Å². The van der Waals surface area contributed by atoms with Gasteiger partial charge in [-0.05, 0) is 37.0 Å². The van der Waals surface area contributed by atoms with Gasteiger partial charge in [-0.3, -0.25) is 4.90 Å². The van der Waals surface area contributed by atoms with Gasteiger partial charge in [0.2, 0.25) is 0 Å². The number of hydrogen-bond acceptors (Lipinski definition) is 4. The second kappa shape index (κ2) is 8.52. The highest BCUT2D eigenvalue weighted by Crippen LogP contribution is 2.27. The van der Waals surface area contributed by atoms with E-state index in [1.54, 1.807) is 0 Å². The molecule has 0 spiro atoms. The van der Waals surface area contributed by atoms with Crippen molar-refractivity contribution in [1.82, 2.24) is 4.90 Å². The molecule has 2 aliphatic rings. The van der Waals surface area contributed by atoms with Crippen molar-refractivity contribution in [3.05, 3.63) is 29.3 Å². The summed E-state index contributed by atoms with van der Waals surface area (Å²) in [6.45, 7) is 7.26. The highest BCUT2D eigenvalue weighted by Gasteiger charge is 2.25. The van der Waals surface area contributed by atoms with Gasteiger partial charge >= 0.3 is 0 Å². The molecule has 1 aliphatic heterocycles. The molecule has 3 rings (SSSR count). The molecule has 24 heavy (non-hydrogen) atoms. The molecule has 1 heterocycles. The zero-order valence-corrected chi connectivity index (χ0v) is 15.3. The zero-order valence-electron chi connectivity index (χ0n) is 14.5. The molecular weight excluding hydrogens is 324 g/mol. The minimum Gasteiger partial charge on any atom is -0.389 e.